The zero-order chi connectivity index (χ0) is 18.9. The number of aliphatic hydroxyl groups is 1. The van der Waals surface area contributed by atoms with Crippen LogP contribution in [0.5, 0.6) is 0 Å². The molecule has 1 amide bonds. The summed E-state index contributed by atoms with van der Waals surface area (Å²) >= 11 is 0. The number of hydrogen-bond donors (Lipinski definition) is 1. The van der Waals surface area contributed by atoms with Crippen LogP contribution < -0.4 is 0 Å². The molecular formula is C21H20N4O2. The molecule has 0 spiro atoms. The summed E-state index contributed by atoms with van der Waals surface area (Å²) in [7, 11) is 0. The molecule has 136 valence electrons. The number of carbonyl (C=O) groups is 1. The maximum absolute atomic E-state index is 12.8. The molecule has 6 nitrogen and oxygen atoms in total. The molecule has 4 rings (SSSR count). The minimum atomic E-state index is -1.02. The Morgan fingerprint density at radius 1 is 1.11 bits per heavy atom. The van der Waals surface area contributed by atoms with Gasteiger partial charge in [0.1, 0.15) is 5.60 Å². The van der Waals surface area contributed by atoms with E-state index in [1.807, 2.05) is 43.3 Å². The van der Waals surface area contributed by atoms with Crippen molar-refractivity contribution in [3.63, 3.8) is 0 Å². The number of aromatic nitrogens is 3. The fourth-order valence-electron chi connectivity index (χ4n) is 3.55. The molecule has 0 aliphatic carbocycles. The number of aryl methyl sites for hydroxylation is 1. The summed E-state index contributed by atoms with van der Waals surface area (Å²) < 4.78 is 0. The van der Waals surface area contributed by atoms with Crippen molar-refractivity contribution in [2.75, 3.05) is 13.1 Å². The van der Waals surface area contributed by atoms with Crippen LogP contribution in [0.15, 0.2) is 61.2 Å². The number of nitrogens with zero attached hydrogens (tertiary/aromatic N) is 4. The van der Waals surface area contributed by atoms with Crippen molar-refractivity contribution < 1.29 is 9.90 Å². The smallest absolute Gasteiger partial charge is 0.257 e. The number of β-amino-alcohol motifs (C(OH)–C–C–N with tert-alkyl or cyclic N) is 1. The normalized spacial score (nSPS) is 19.3. The van der Waals surface area contributed by atoms with Gasteiger partial charge in [-0.25, -0.2) is 9.97 Å². The zero-order valence-electron chi connectivity index (χ0n) is 15.0. The van der Waals surface area contributed by atoms with Gasteiger partial charge in [-0.2, -0.15) is 0 Å². The van der Waals surface area contributed by atoms with Crippen molar-refractivity contribution >= 4 is 5.91 Å². The Morgan fingerprint density at radius 2 is 1.89 bits per heavy atom. The molecule has 1 aliphatic rings. The van der Waals surface area contributed by atoms with Crippen molar-refractivity contribution in [2.24, 2.45) is 0 Å². The fraction of sp³-hybridized carbons (Fsp3) is 0.238. The topological polar surface area (TPSA) is 79.2 Å². The first-order valence-electron chi connectivity index (χ1n) is 8.87. The van der Waals surface area contributed by atoms with Gasteiger partial charge in [0.2, 0.25) is 0 Å². The molecule has 6 heteroatoms. The van der Waals surface area contributed by atoms with E-state index in [1.165, 1.54) is 12.4 Å². The second-order valence-electron chi connectivity index (χ2n) is 6.86. The molecule has 0 radical (unpaired) electrons. The van der Waals surface area contributed by atoms with Gasteiger partial charge >= 0.3 is 0 Å². The number of amides is 1. The van der Waals surface area contributed by atoms with Gasteiger partial charge in [0.15, 0.2) is 5.82 Å². The third-order valence-electron chi connectivity index (χ3n) is 5.00. The van der Waals surface area contributed by atoms with E-state index in [4.69, 9.17) is 0 Å². The van der Waals surface area contributed by atoms with Gasteiger partial charge in [0, 0.05) is 36.9 Å². The first-order valence-corrected chi connectivity index (χ1v) is 8.87. The molecule has 3 heterocycles. The Labute approximate surface area is 157 Å². The van der Waals surface area contributed by atoms with Crippen molar-refractivity contribution in [3.8, 4) is 11.4 Å². The number of benzene rings is 1. The predicted octanol–water partition coefficient (Wildman–Crippen LogP) is 2.58. The SMILES string of the molecule is Cc1ccccc1[C@@]1(O)CCN(C(=O)c2cnc(-c3cccnc3)nc2)C1. The van der Waals surface area contributed by atoms with Gasteiger partial charge < -0.3 is 10.0 Å². The lowest BCUT2D eigenvalue weighted by Gasteiger charge is -2.25. The van der Waals surface area contributed by atoms with E-state index >= 15 is 0 Å². The molecule has 0 bridgehead atoms. The Balaban J connectivity index is 1.52. The van der Waals surface area contributed by atoms with Gasteiger partial charge in [0.25, 0.3) is 5.91 Å². The number of pyridine rings is 1. The van der Waals surface area contributed by atoms with Gasteiger partial charge in [0.05, 0.1) is 12.1 Å². The van der Waals surface area contributed by atoms with Gasteiger partial charge in [-0.1, -0.05) is 24.3 Å². The summed E-state index contributed by atoms with van der Waals surface area (Å²) in [5.41, 5.74) is 2.10. The van der Waals surface area contributed by atoms with Crippen LogP contribution in [0.2, 0.25) is 0 Å². The minimum absolute atomic E-state index is 0.169. The van der Waals surface area contributed by atoms with Gasteiger partial charge in [-0.05, 0) is 36.6 Å². The molecule has 1 aliphatic heterocycles. The van der Waals surface area contributed by atoms with Crippen LogP contribution >= 0.6 is 0 Å². The zero-order valence-corrected chi connectivity index (χ0v) is 15.0. The second-order valence-corrected chi connectivity index (χ2v) is 6.86. The van der Waals surface area contributed by atoms with Crippen molar-refractivity contribution in [1.82, 2.24) is 19.9 Å². The lowest BCUT2D eigenvalue weighted by atomic mass is 9.89. The van der Waals surface area contributed by atoms with Crippen LogP contribution in [-0.2, 0) is 5.60 Å². The molecule has 3 aromatic rings. The standard InChI is InChI=1S/C21H20N4O2/c1-15-5-2-3-7-18(15)21(27)8-10-25(14-21)20(26)17-12-23-19(24-13-17)16-6-4-9-22-11-16/h2-7,9,11-13,27H,8,10,14H2,1H3/t21-/m1/s1. The van der Waals surface area contributed by atoms with Crippen LogP contribution in [0, 0.1) is 6.92 Å². The van der Waals surface area contributed by atoms with Crippen LogP contribution in [0.1, 0.15) is 27.9 Å². The average Bonchev–Trinajstić information content (AvgIpc) is 3.12. The third-order valence-corrected chi connectivity index (χ3v) is 5.00. The molecule has 1 aromatic carbocycles. The van der Waals surface area contributed by atoms with E-state index < -0.39 is 5.60 Å². The molecule has 0 unspecified atom stereocenters. The molecule has 2 aromatic heterocycles. The van der Waals surface area contributed by atoms with Crippen molar-refractivity contribution in [1.29, 1.82) is 0 Å². The van der Waals surface area contributed by atoms with Crippen molar-refractivity contribution in [2.45, 2.75) is 18.9 Å². The highest BCUT2D eigenvalue weighted by atomic mass is 16.3. The van der Waals surface area contributed by atoms with E-state index in [2.05, 4.69) is 15.0 Å². The highest BCUT2D eigenvalue weighted by Crippen LogP contribution is 2.34. The van der Waals surface area contributed by atoms with E-state index in [0.29, 0.717) is 24.4 Å². The quantitative estimate of drug-likeness (QED) is 0.777. The third kappa shape index (κ3) is 3.31. The number of carbonyl (C=O) groups excluding carboxylic acids is 1. The number of rotatable bonds is 3. The summed E-state index contributed by atoms with van der Waals surface area (Å²) in [4.78, 5) is 27.1. The second kappa shape index (κ2) is 6.89. The molecular weight excluding hydrogens is 340 g/mol. The monoisotopic (exact) mass is 360 g/mol. The maximum Gasteiger partial charge on any atom is 0.257 e. The Kier molecular flexibility index (Phi) is 4.41. The summed E-state index contributed by atoms with van der Waals surface area (Å²) in [5.74, 6) is 0.356. The first kappa shape index (κ1) is 17.3. The fourth-order valence-corrected chi connectivity index (χ4v) is 3.55. The molecule has 1 saturated heterocycles. The van der Waals surface area contributed by atoms with Gasteiger partial charge in [-0.15, -0.1) is 0 Å². The average molecular weight is 360 g/mol. The summed E-state index contributed by atoms with van der Waals surface area (Å²) in [6, 6.07) is 11.4. The highest BCUT2D eigenvalue weighted by Gasteiger charge is 2.40. The maximum atomic E-state index is 12.8. The summed E-state index contributed by atoms with van der Waals surface area (Å²) in [6.07, 6.45) is 6.94. The summed E-state index contributed by atoms with van der Waals surface area (Å²) in [6.45, 7) is 2.73. The molecule has 0 saturated carbocycles. The van der Waals surface area contributed by atoms with Crippen LogP contribution in [0.25, 0.3) is 11.4 Å². The van der Waals surface area contributed by atoms with Crippen LogP contribution in [0.4, 0.5) is 0 Å². The molecule has 27 heavy (non-hydrogen) atoms. The summed E-state index contributed by atoms with van der Waals surface area (Å²) in [5, 5.41) is 11.1. The van der Waals surface area contributed by atoms with E-state index in [-0.39, 0.29) is 12.5 Å². The number of hydrogen-bond acceptors (Lipinski definition) is 5. The Morgan fingerprint density at radius 3 is 2.59 bits per heavy atom. The molecule has 1 atom stereocenters. The highest BCUT2D eigenvalue weighted by molar-refractivity contribution is 5.94. The molecule has 1 N–H and O–H groups in total. The largest absolute Gasteiger partial charge is 0.383 e. The lowest BCUT2D eigenvalue weighted by Crippen LogP contribution is -2.35. The predicted molar refractivity (Wildman–Crippen MR) is 101 cm³/mol. The van der Waals surface area contributed by atoms with E-state index in [1.54, 1.807) is 17.3 Å². The Hall–Kier alpha value is -3.12. The van der Waals surface area contributed by atoms with Crippen molar-refractivity contribution in [3.05, 3.63) is 77.9 Å². The van der Waals surface area contributed by atoms with E-state index in [9.17, 15) is 9.90 Å². The van der Waals surface area contributed by atoms with E-state index in [0.717, 1.165) is 16.7 Å². The van der Waals surface area contributed by atoms with Crippen LogP contribution in [0.3, 0.4) is 0 Å². The van der Waals surface area contributed by atoms with Gasteiger partial charge in [-0.3, -0.25) is 9.78 Å². The molecule has 1 fully saturated rings. The van der Waals surface area contributed by atoms with Crippen LogP contribution in [-0.4, -0.2) is 44.0 Å². The Bertz CT molecular complexity index is 959. The lowest BCUT2D eigenvalue weighted by molar-refractivity contribution is 0.0412. The minimum Gasteiger partial charge on any atom is -0.383 e. The number of likely N-dealkylation sites (tertiary alicyclic amines) is 1. The first-order chi connectivity index (χ1) is 13.1.